The van der Waals surface area contributed by atoms with Crippen LogP contribution in [0.15, 0.2) is 24.3 Å². The van der Waals surface area contributed by atoms with E-state index in [1.807, 2.05) is 0 Å². The van der Waals surface area contributed by atoms with Crippen molar-refractivity contribution in [2.45, 2.75) is 25.8 Å². The van der Waals surface area contributed by atoms with E-state index in [2.05, 4.69) is 56.9 Å². The van der Waals surface area contributed by atoms with Crippen molar-refractivity contribution < 1.29 is 4.79 Å². The second-order valence-electron chi connectivity index (χ2n) is 6.19. The lowest BCUT2D eigenvalue weighted by Gasteiger charge is -2.17. The average molecular weight is 329 g/mol. The number of hydrogen-bond donors (Lipinski definition) is 2. The largest absolute Gasteiger partial charge is 0.367 e. The van der Waals surface area contributed by atoms with Crippen molar-refractivity contribution >= 4 is 11.9 Å². The summed E-state index contributed by atoms with van der Waals surface area (Å²) in [6, 6.07) is 8.58. The number of nitrogens with one attached hydrogen (secondary N) is 1. The van der Waals surface area contributed by atoms with Crippen LogP contribution in [0.3, 0.4) is 0 Å². The highest BCUT2D eigenvalue weighted by Gasteiger charge is 2.24. The summed E-state index contributed by atoms with van der Waals surface area (Å²) < 4.78 is 1.28. The third-order valence-corrected chi connectivity index (χ3v) is 4.50. The molecule has 1 amide bonds. The molecule has 0 radical (unpaired) electrons. The maximum atomic E-state index is 11.9. The number of nitrogens with two attached hydrogens (primary N) is 1. The minimum atomic E-state index is -0.136. The Hall–Kier alpha value is -2.48. The van der Waals surface area contributed by atoms with Crippen LogP contribution >= 0.6 is 0 Å². The van der Waals surface area contributed by atoms with Crippen molar-refractivity contribution in [3.8, 4) is 0 Å². The summed E-state index contributed by atoms with van der Waals surface area (Å²) in [7, 11) is 0. The highest BCUT2D eigenvalue weighted by Crippen LogP contribution is 2.28. The van der Waals surface area contributed by atoms with Crippen molar-refractivity contribution in [3.63, 3.8) is 0 Å². The van der Waals surface area contributed by atoms with E-state index in [0.29, 0.717) is 12.5 Å². The Bertz CT molecular complexity index is 699. The first kappa shape index (κ1) is 16.4. The van der Waals surface area contributed by atoms with Crippen LogP contribution in [0, 0.1) is 6.92 Å². The Kier molecular flexibility index (Phi) is 5.05. The van der Waals surface area contributed by atoms with E-state index in [4.69, 9.17) is 5.73 Å². The van der Waals surface area contributed by atoms with Gasteiger partial charge in [0.15, 0.2) is 0 Å². The van der Waals surface area contributed by atoms with E-state index in [-0.39, 0.29) is 18.4 Å². The van der Waals surface area contributed by atoms with Crippen LogP contribution in [-0.2, 0) is 11.3 Å². The maximum absolute atomic E-state index is 11.9. The van der Waals surface area contributed by atoms with Gasteiger partial charge in [-0.05, 0) is 47.4 Å². The van der Waals surface area contributed by atoms with Crippen molar-refractivity contribution in [2.75, 3.05) is 31.9 Å². The number of aryl methyl sites for hydroxylation is 1. The molecule has 8 heteroatoms. The second-order valence-corrected chi connectivity index (χ2v) is 6.19. The van der Waals surface area contributed by atoms with Gasteiger partial charge in [0.25, 0.3) is 0 Å². The molecule has 1 aromatic heterocycles. The normalized spacial score (nSPS) is 18.0. The van der Waals surface area contributed by atoms with Crippen LogP contribution in [0.25, 0.3) is 0 Å². The van der Waals surface area contributed by atoms with Crippen molar-refractivity contribution in [2.24, 2.45) is 0 Å². The molecular weight excluding hydrogens is 306 g/mol. The van der Waals surface area contributed by atoms with Crippen LogP contribution in [-0.4, -0.2) is 57.2 Å². The summed E-state index contributed by atoms with van der Waals surface area (Å²) in [4.78, 5) is 14.3. The van der Waals surface area contributed by atoms with E-state index < -0.39 is 0 Å². The number of aromatic nitrogens is 4. The second kappa shape index (κ2) is 7.39. The highest BCUT2D eigenvalue weighted by atomic mass is 16.2. The van der Waals surface area contributed by atoms with E-state index in [9.17, 15) is 4.79 Å². The predicted octanol–water partition coefficient (Wildman–Crippen LogP) is 0.169. The molecule has 3 N–H and O–H groups in total. The van der Waals surface area contributed by atoms with Gasteiger partial charge in [0, 0.05) is 19.6 Å². The first-order valence-corrected chi connectivity index (χ1v) is 8.19. The number of benzene rings is 1. The number of hydrogen-bond acceptors (Lipinski definition) is 6. The van der Waals surface area contributed by atoms with Crippen LogP contribution in [0.2, 0.25) is 0 Å². The van der Waals surface area contributed by atoms with Crippen molar-refractivity contribution in [1.82, 2.24) is 30.4 Å². The summed E-state index contributed by atoms with van der Waals surface area (Å²) in [5.74, 6) is 0.595. The fourth-order valence-electron chi connectivity index (χ4n) is 3.20. The Labute approximate surface area is 141 Å². The molecule has 2 aromatic rings. The monoisotopic (exact) mass is 329 g/mol. The fourth-order valence-corrected chi connectivity index (χ4v) is 3.20. The van der Waals surface area contributed by atoms with Gasteiger partial charge in [-0.3, -0.25) is 4.79 Å². The van der Waals surface area contributed by atoms with Gasteiger partial charge in [-0.2, -0.15) is 0 Å². The lowest BCUT2D eigenvalue weighted by molar-refractivity contribution is -0.121. The standard InChI is InChI=1S/C16H23N7O/c1-12-4-2-3-5-14(12)13-6-8-22(10-13)9-7-18-15(24)11-23-16(17)19-20-21-23/h2-5,13H,6-11H2,1H3,(H,18,24)(H2,17,19,21)/t13-/m1/s1. The van der Waals surface area contributed by atoms with Gasteiger partial charge in [-0.15, -0.1) is 0 Å². The van der Waals surface area contributed by atoms with E-state index in [0.717, 1.165) is 19.6 Å². The zero-order valence-corrected chi connectivity index (χ0v) is 13.9. The molecule has 1 aliphatic rings. The van der Waals surface area contributed by atoms with Gasteiger partial charge in [0.2, 0.25) is 11.9 Å². The molecular formula is C16H23N7O. The number of likely N-dealkylation sites (tertiary alicyclic amines) is 1. The molecule has 0 bridgehead atoms. The number of rotatable bonds is 6. The van der Waals surface area contributed by atoms with Gasteiger partial charge < -0.3 is 16.0 Å². The SMILES string of the molecule is Cc1ccccc1[C@@H]1CCN(CCNC(=O)Cn2nnnc2N)C1. The molecule has 0 saturated carbocycles. The zero-order chi connectivity index (χ0) is 16.9. The first-order chi connectivity index (χ1) is 11.6. The molecule has 8 nitrogen and oxygen atoms in total. The van der Waals surface area contributed by atoms with Crippen LogP contribution in [0.4, 0.5) is 5.95 Å². The molecule has 1 fully saturated rings. The van der Waals surface area contributed by atoms with E-state index in [1.165, 1.54) is 22.2 Å². The van der Waals surface area contributed by atoms with E-state index in [1.54, 1.807) is 0 Å². The predicted molar refractivity (Wildman–Crippen MR) is 90.2 cm³/mol. The Balaban J connectivity index is 1.41. The first-order valence-electron chi connectivity index (χ1n) is 8.19. The van der Waals surface area contributed by atoms with Gasteiger partial charge in [-0.1, -0.05) is 29.4 Å². The molecule has 1 atom stereocenters. The molecule has 1 aromatic carbocycles. The lowest BCUT2D eigenvalue weighted by Crippen LogP contribution is -2.35. The van der Waals surface area contributed by atoms with Gasteiger partial charge in [-0.25, -0.2) is 4.68 Å². The summed E-state index contributed by atoms with van der Waals surface area (Å²) in [6.45, 7) is 5.78. The van der Waals surface area contributed by atoms with E-state index >= 15 is 0 Å². The maximum Gasteiger partial charge on any atom is 0.241 e. The molecule has 0 aliphatic carbocycles. The fraction of sp³-hybridized carbons (Fsp3) is 0.500. The lowest BCUT2D eigenvalue weighted by atomic mass is 9.94. The minimum absolute atomic E-state index is 0.0463. The molecule has 1 saturated heterocycles. The number of anilines is 1. The van der Waals surface area contributed by atoms with Crippen molar-refractivity contribution in [3.05, 3.63) is 35.4 Å². The topological polar surface area (TPSA) is 102 Å². The summed E-state index contributed by atoms with van der Waals surface area (Å²) in [5.41, 5.74) is 8.34. The molecule has 24 heavy (non-hydrogen) atoms. The van der Waals surface area contributed by atoms with Gasteiger partial charge in [0.1, 0.15) is 6.54 Å². The quantitative estimate of drug-likeness (QED) is 0.783. The van der Waals surface area contributed by atoms with Crippen molar-refractivity contribution in [1.29, 1.82) is 0 Å². The highest BCUT2D eigenvalue weighted by molar-refractivity contribution is 5.75. The Morgan fingerprint density at radius 1 is 1.42 bits per heavy atom. The van der Waals surface area contributed by atoms with Gasteiger partial charge in [0.05, 0.1) is 0 Å². The molecule has 3 rings (SSSR count). The van der Waals surface area contributed by atoms with Crippen LogP contribution < -0.4 is 11.1 Å². The van der Waals surface area contributed by atoms with Gasteiger partial charge >= 0.3 is 0 Å². The Morgan fingerprint density at radius 3 is 3.00 bits per heavy atom. The summed E-state index contributed by atoms with van der Waals surface area (Å²) >= 11 is 0. The summed E-state index contributed by atoms with van der Waals surface area (Å²) in [6.07, 6.45) is 1.17. The van der Waals surface area contributed by atoms with Crippen LogP contribution in [0.1, 0.15) is 23.5 Å². The molecule has 0 unspecified atom stereocenters. The number of nitrogen functional groups attached to an aromatic ring is 1. The zero-order valence-electron chi connectivity index (χ0n) is 13.9. The number of amides is 1. The Morgan fingerprint density at radius 2 is 2.25 bits per heavy atom. The summed E-state index contributed by atoms with van der Waals surface area (Å²) in [5, 5.41) is 13.5. The molecule has 128 valence electrons. The smallest absolute Gasteiger partial charge is 0.241 e. The minimum Gasteiger partial charge on any atom is -0.367 e. The molecule has 0 spiro atoms. The molecule has 2 heterocycles. The number of nitrogens with zero attached hydrogens (tertiary/aromatic N) is 5. The third-order valence-electron chi connectivity index (χ3n) is 4.50. The number of carbonyl (C=O) groups is 1. The third kappa shape index (κ3) is 3.88. The number of carbonyl (C=O) groups excluding carboxylic acids is 1. The molecule has 1 aliphatic heterocycles. The average Bonchev–Trinajstić information content (AvgIpc) is 3.18. The van der Waals surface area contributed by atoms with Crippen LogP contribution in [0.5, 0.6) is 0 Å². The number of tetrazole rings is 1.